The van der Waals surface area contributed by atoms with Crippen molar-refractivity contribution >= 4 is 11.0 Å². The van der Waals surface area contributed by atoms with Gasteiger partial charge in [0.25, 0.3) is 5.52 Å². The van der Waals surface area contributed by atoms with E-state index in [0.29, 0.717) is 23.4 Å². The predicted molar refractivity (Wildman–Crippen MR) is 120 cm³/mol. The van der Waals surface area contributed by atoms with Crippen LogP contribution in [-0.4, -0.2) is 4.98 Å². The van der Waals surface area contributed by atoms with Crippen molar-refractivity contribution in [2.45, 2.75) is 39.7 Å². The van der Waals surface area contributed by atoms with Gasteiger partial charge in [-0.05, 0) is 35.1 Å². The summed E-state index contributed by atoms with van der Waals surface area (Å²) in [5.74, 6) is 0.536. The third kappa shape index (κ3) is 3.99. The Hall–Kier alpha value is -3.40. The first kappa shape index (κ1) is 19.9. The number of nitrogens with zero attached hydrogens (tertiary/aromatic N) is 2. The normalized spacial score (nSPS) is 11.6. The van der Waals surface area contributed by atoms with Gasteiger partial charge < -0.3 is 9.94 Å². The third-order valence-electron chi connectivity index (χ3n) is 5.29. The summed E-state index contributed by atoms with van der Waals surface area (Å²) < 4.78 is 6.93. The van der Waals surface area contributed by atoms with E-state index in [4.69, 9.17) is 9.72 Å². The summed E-state index contributed by atoms with van der Waals surface area (Å²) >= 11 is 0. The van der Waals surface area contributed by atoms with Crippen LogP contribution in [0.15, 0.2) is 72.9 Å². The van der Waals surface area contributed by atoms with Crippen molar-refractivity contribution in [1.29, 1.82) is 0 Å². The predicted octanol–water partition coefficient (Wildman–Crippen LogP) is 5.72. The second-order valence-corrected chi connectivity index (χ2v) is 8.63. The molecule has 0 spiro atoms. The van der Waals surface area contributed by atoms with Crippen molar-refractivity contribution < 1.29 is 9.47 Å². The molecule has 0 atom stereocenters. The summed E-state index contributed by atoms with van der Waals surface area (Å²) in [6, 6.07) is 21.8. The summed E-state index contributed by atoms with van der Waals surface area (Å²) in [6.07, 6.45) is 1.47. The van der Waals surface area contributed by atoms with Gasteiger partial charge >= 0.3 is 0 Å². The molecule has 0 aliphatic carbocycles. The van der Waals surface area contributed by atoms with E-state index in [1.165, 1.54) is 11.8 Å². The molecule has 0 aliphatic heterocycles. The SMILES string of the molecule is Cc1cc(C(C)(C)C)ccc1-c1cc(OCc2ccccc2)c2c(ccc[n+]2[O-])n1. The molecule has 4 heteroatoms. The van der Waals surface area contributed by atoms with E-state index >= 15 is 0 Å². The maximum Gasteiger partial charge on any atom is 0.284 e. The Morgan fingerprint density at radius 3 is 2.43 bits per heavy atom. The van der Waals surface area contributed by atoms with Crippen LogP contribution in [0.4, 0.5) is 0 Å². The Balaban J connectivity index is 1.80. The zero-order valence-corrected chi connectivity index (χ0v) is 17.8. The molecule has 30 heavy (non-hydrogen) atoms. The minimum atomic E-state index is 0.0815. The quantitative estimate of drug-likeness (QED) is 0.326. The van der Waals surface area contributed by atoms with Crippen molar-refractivity contribution in [3.05, 3.63) is 94.8 Å². The maximum absolute atomic E-state index is 12.5. The summed E-state index contributed by atoms with van der Waals surface area (Å²) in [6.45, 7) is 9.10. The Morgan fingerprint density at radius 1 is 0.967 bits per heavy atom. The van der Waals surface area contributed by atoms with Crippen molar-refractivity contribution in [3.8, 4) is 17.0 Å². The second kappa shape index (κ2) is 7.79. The van der Waals surface area contributed by atoms with Gasteiger partial charge in [0.05, 0.1) is 5.69 Å². The highest BCUT2D eigenvalue weighted by atomic mass is 16.5. The number of benzene rings is 2. The Morgan fingerprint density at radius 2 is 1.73 bits per heavy atom. The maximum atomic E-state index is 12.5. The van der Waals surface area contributed by atoms with Crippen LogP contribution in [-0.2, 0) is 12.0 Å². The summed E-state index contributed by atoms with van der Waals surface area (Å²) in [7, 11) is 0. The fraction of sp³-hybridized carbons (Fsp3) is 0.231. The molecular formula is C26H26N2O2. The highest BCUT2D eigenvalue weighted by molar-refractivity contribution is 5.82. The van der Waals surface area contributed by atoms with Crippen molar-refractivity contribution in [1.82, 2.24) is 4.98 Å². The number of pyridine rings is 2. The average Bonchev–Trinajstić information content (AvgIpc) is 2.72. The van der Waals surface area contributed by atoms with Gasteiger partial charge in [0.1, 0.15) is 12.1 Å². The monoisotopic (exact) mass is 398 g/mol. The molecule has 4 rings (SSSR count). The highest BCUT2D eigenvalue weighted by Crippen LogP contribution is 2.32. The van der Waals surface area contributed by atoms with Gasteiger partial charge in [-0.15, -0.1) is 0 Å². The number of hydrogen-bond donors (Lipinski definition) is 0. The molecule has 2 aromatic carbocycles. The third-order valence-corrected chi connectivity index (χ3v) is 5.29. The molecular weight excluding hydrogens is 372 g/mol. The lowest BCUT2D eigenvalue weighted by atomic mass is 9.85. The molecule has 0 radical (unpaired) electrons. The van der Waals surface area contributed by atoms with E-state index in [-0.39, 0.29) is 5.41 Å². The molecule has 0 saturated heterocycles. The van der Waals surface area contributed by atoms with Crippen molar-refractivity contribution in [2.24, 2.45) is 0 Å². The summed E-state index contributed by atoms with van der Waals surface area (Å²) in [5.41, 5.74) is 6.46. The molecule has 0 aliphatic rings. The first-order valence-corrected chi connectivity index (χ1v) is 10.1. The van der Waals surface area contributed by atoms with Gasteiger partial charge in [0.15, 0.2) is 11.9 Å². The van der Waals surface area contributed by atoms with E-state index in [9.17, 15) is 5.21 Å². The second-order valence-electron chi connectivity index (χ2n) is 8.63. The van der Waals surface area contributed by atoms with Gasteiger partial charge in [0.2, 0.25) is 0 Å². The zero-order valence-electron chi connectivity index (χ0n) is 17.8. The molecule has 0 N–H and O–H groups in total. The van der Waals surface area contributed by atoms with Crippen LogP contribution in [0.1, 0.15) is 37.5 Å². The lowest BCUT2D eigenvalue weighted by Gasteiger charge is -2.20. The van der Waals surface area contributed by atoms with Crippen LogP contribution in [0.25, 0.3) is 22.3 Å². The lowest BCUT2D eigenvalue weighted by molar-refractivity contribution is -0.577. The number of rotatable bonds is 4. The van der Waals surface area contributed by atoms with Crippen LogP contribution in [0.2, 0.25) is 0 Å². The number of ether oxygens (including phenoxy) is 1. The lowest BCUT2D eigenvalue weighted by Crippen LogP contribution is -2.26. The minimum absolute atomic E-state index is 0.0815. The molecule has 0 bridgehead atoms. The first-order valence-electron chi connectivity index (χ1n) is 10.1. The van der Waals surface area contributed by atoms with Crippen LogP contribution in [0, 0.1) is 12.1 Å². The average molecular weight is 399 g/mol. The smallest absolute Gasteiger partial charge is 0.284 e. The van der Waals surface area contributed by atoms with Crippen LogP contribution in [0.5, 0.6) is 5.75 Å². The molecule has 2 aromatic heterocycles. The Bertz CT molecular complexity index is 1200. The number of aryl methyl sites for hydroxylation is 1. The van der Waals surface area contributed by atoms with Gasteiger partial charge in [-0.2, -0.15) is 4.73 Å². The molecule has 0 unspecified atom stereocenters. The Kier molecular flexibility index (Phi) is 5.17. The molecule has 2 heterocycles. The minimum Gasteiger partial charge on any atom is -0.618 e. The number of hydrogen-bond acceptors (Lipinski definition) is 3. The van der Waals surface area contributed by atoms with E-state index in [2.05, 4.69) is 45.9 Å². The molecule has 4 aromatic rings. The number of aromatic nitrogens is 2. The largest absolute Gasteiger partial charge is 0.618 e. The van der Waals surface area contributed by atoms with Gasteiger partial charge in [-0.25, -0.2) is 4.98 Å². The summed E-state index contributed by atoms with van der Waals surface area (Å²) in [5, 5.41) is 12.5. The van der Waals surface area contributed by atoms with E-state index in [0.717, 1.165) is 27.1 Å². The topological polar surface area (TPSA) is 49.1 Å². The molecule has 0 saturated carbocycles. The Labute approximate surface area is 177 Å². The van der Waals surface area contributed by atoms with E-state index in [1.54, 1.807) is 6.07 Å². The number of fused-ring (bicyclic) bond motifs is 1. The van der Waals surface area contributed by atoms with Crippen LogP contribution in [0.3, 0.4) is 0 Å². The molecule has 0 fully saturated rings. The molecule has 0 amide bonds. The van der Waals surface area contributed by atoms with Gasteiger partial charge in [-0.1, -0.05) is 69.3 Å². The van der Waals surface area contributed by atoms with E-state index in [1.807, 2.05) is 42.5 Å². The first-order chi connectivity index (χ1) is 14.3. The highest BCUT2D eigenvalue weighted by Gasteiger charge is 2.19. The fourth-order valence-corrected chi connectivity index (χ4v) is 3.56. The zero-order chi connectivity index (χ0) is 21.3. The molecule has 4 nitrogen and oxygen atoms in total. The van der Waals surface area contributed by atoms with Gasteiger partial charge in [0, 0.05) is 17.7 Å². The van der Waals surface area contributed by atoms with Crippen molar-refractivity contribution in [3.63, 3.8) is 0 Å². The van der Waals surface area contributed by atoms with E-state index < -0.39 is 0 Å². The van der Waals surface area contributed by atoms with Crippen molar-refractivity contribution in [2.75, 3.05) is 0 Å². The fourth-order valence-electron chi connectivity index (χ4n) is 3.56. The van der Waals surface area contributed by atoms with Crippen LogP contribution >= 0.6 is 0 Å². The van der Waals surface area contributed by atoms with Crippen LogP contribution < -0.4 is 9.47 Å². The molecule has 152 valence electrons. The summed E-state index contributed by atoms with van der Waals surface area (Å²) in [4.78, 5) is 4.77. The van der Waals surface area contributed by atoms with Gasteiger partial charge in [-0.3, -0.25) is 0 Å². The standard InChI is InChI=1S/C26H26N2O2/c1-18-15-20(26(2,3)4)12-13-21(18)23-16-24(30-17-19-9-6-5-7-10-19)25-22(27-23)11-8-14-28(25)29/h5-16H,17H2,1-4H3.